The highest BCUT2D eigenvalue weighted by atomic mass is 35.5. The largest absolute Gasteiger partial charge is 0.452 e. The minimum atomic E-state index is -0.575. The number of pyridine rings is 1. The van der Waals surface area contributed by atoms with Crippen LogP contribution in [0.3, 0.4) is 0 Å². The molecule has 1 aromatic carbocycles. The molecule has 1 aliphatic carbocycles. The van der Waals surface area contributed by atoms with Crippen LogP contribution in [-0.4, -0.2) is 29.5 Å². The Morgan fingerprint density at radius 3 is 2.73 bits per heavy atom. The van der Waals surface area contributed by atoms with Crippen LogP contribution in [0.4, 0.5) is 0 Å². The number of rotatable bonds is 6. The maximum Gasteiger partial charge on any atom is 0.341 e. The van der Waals surface area contributed by atoms with Crippen LogP contribution in [0.15, 0.2) is 52.5 Å². The normalized spacial score (nSPS) is 14.2. The highest BCUT2D eigenvalue weighted by molar-refractivity contribution is 7.99. The predicted octanol–water partition coefficient (Wildman–Crippen LogP) is 4.10. The third kappa shape index (κ3) is 4.99. The van der Waals surface area contributed by atoms with Crippen molar-refractivity contribution >= 4 is 35.2 Å². The second-order valence-electron chi connectivity index (χ2n) is 6.01. The van der Waals surface area contributed by atoms with Crippen molar-refractivity contribution in [2.45, 2.75) is 41.6 Å². The Labute approximate surface area is 161 Å². The molecule has 0 bridgehead atoms. The van der Waals surface area contributed by atoms with Crippen molar-refractivity contribution < 1.29 is 14.3 Å². The van der Waals surface area contributed by atoms with Crippen LogP contribution < -0.4 is 5.32 Å². The summed E-state index contributed by atoms with van der Waals surface area (Å²) >= 11 is 7.46. The molecule has 136 valence electrons. The highest BCUT2D eigenvalue weighted by Crippen LogP contribution is 2.33. The van der Waals surface area contributed by atoms with Crippen molar-refractivity contribution in [1.29, 1.82) is 0 Å². The molecule has 1 heterocycles. The Kier molecular flexibility index (Phi) is 6.52. The van der Waals surface area contributed by atoms with Crippen molar-refractivity contribution in [3.8, 4) is 0 Å². The van der Waals surface area contributed by atoms with Gasteiger partial charge in [-0.25, -0.2) is 9.78 Å². The fourth-order valence-electron chi connectivity index (χ4n) is 2.81. The number of nitrogens with one attached hydrogen (secondary N) is 1. The first-order chi connectivity index (χ1) is 12.6. The molecular formula is C19H19ClN2O3S. The molecule has 0 spiro atoms. The van der Waals surface area contributed by atoms with E-state index in [0.717, 1.165) is 30.6 Å². The molecule has 1 N–H and O–H groups in total. The lowest BCUT2D eigenvalue weighted by Gasteiger charge is -2.12. The van der Waals surface area contributed by atoms with Gasteiger partial charge in [-0.05, 0) is 37.1 Å². The Bertz CT molecular complexity index is 794. The number of amides is 1. The Balaban J connectivity index is 1.62. The van der Waals surface area contributed by atoms with E-state index in [1.54, 1.807) is 24.4 Å². The van der Waals surface area contributed by atoms with E-state index in [-0.39, 0.29) is 18.6 Å². The number of halogens is 1. The van der Waals surface area contributed by atoms with Gasteiger partial charge in [0.15, 0.2) is 6.61 Å². The third-order valence-corrected chi connectivity index (χ3v) is 5.63. The smallest absolute Gasteiger partial charge is 0.341 e. The molecule has 7 heteroatoms. The second-order valence-corrected chi connectivity index (χ2v) is 7.45. The van der Waals surface area contributed by atoms with E-state index in [4.69, 9.17) is 16.3 Å². The number of carbonyl (C=O) groups excluding carboxylic acids is 2. The molecule has 0 unspecified atom stereocenters. The van der Waals surface area contributed by atoms with Gasteiger partial charge in [0.25, 0.3) is 5.91 Å². The molecule has 5 nitrogen and oxygen atoms in total. The van der Waals surface area contributed by atoms with Crippen molar-refractivity contribution in [2.24, 2.45) is 0 Å². The van der Waals surface area contributed by atoms with Crippen molar-refractivity contribution in [2.75, 3.05) is 6.61 Å². The van der Waals surface area contributed by atoms with E-state index in [0.29, 0.717) is 15.6 Å². The zero-order chi connectivity index (χ0) is 18.4. The molecule has 0 radical (unpaired) electrons. The minimum absolute atomic E-state index is 0.200. The van der Waals surface area contributed by atoms with Gasteiger partial charge in [0.05, 0.1) is 10.6 Å². The molecule has 0 saturated heterocycles. The molecule has 1 saturated carbocycles. The van der Waals surface area contributed by atoms with Gasteiger partial charge < -0.3 is 10.1 Å². The van der Waals surface area contributed by atoms with E-state index in [1.165, 1.54) is 11.8 Å². The van der Waals surface area contributed by atoms with Gasteiger partial charge in [-0.3, -0.25) is 4.79 Å². The van der Waals surface area contributed by atoms with Crippen molar-refractivity contribution in [1.82, 2.24) is 10.3 Å². The van der Waals surface area contributed by atoms with Crippen LogP contribution in [0, 0.1) is 0 Å². The van der Waals surface area contributed by atoms with Gasteiger partial charge >= 0.3 is 5.97 Å². The van der Waals surface area contributed by atoms with Crippen LogP contribution >= 0.6 is 23.4 Å². The highest BCUT2D eigenvalue weighted by Gasteiger charge is 2.20. The van der Waals surface area contributed by atoms with Crippen LogP contribution in [-0.2, 0) is 9.53 Å². The zero-order valence-corrected chi connectivity index (χ0v) is 15.7. The first kappa shape index (κ1) is 18.7. The van der Waals surface area contributed by atoms with Crippen molar-refractivity contribution in [3.63, 3.8) is 0 Å². The summed E-state index contributed by atoms with van der Waals surface area (Å²) in [4.78, 5) is 29.4. The van der Waals surface area contributed by atoms with Crippen LogP contribution in [0.1, 0.15) is 36.0 Å². The summed E-state index contributed by atoms with van der Waals surface area (Å²) in [6.45, 7) is -0.291. The van der Waals surface area contributed by atoms with Crippen LogP contribution in [0.5, 0.6) is 0 Å². The predicted molar refractivity (Wildman–Crippen MR) is 100 cm³/mol. The fourth-order valence-corrected chi connectivity index (χ4v) is 3.95. The maximum absolute atomic E-state index is 12.4. The molecule has 0 atom stereocenters. The summed E-state index contributed by atoms with van der Waals surface area (Å²) in [6.07, 6.45) is 5.83. The number of carbonyl (C=O) groups is 2. The minimum Gasteiger partial charge on any atom is -0.452 e. The number of benzene rings is 1. The Hall–Kier alpha value is -2.05. The zero-order valence-electron chi connectivity index (χ0n) is 14.1. The molecule has 0 aliphatic heterocycles. The molecule has 1 aromatic heterocycles. The quantitative estimate of drug-likeness (QED) is 0.752. The summed E-state index contributed by atoms with van der Waals surface area (Å²) in [5, 5.41) is 3.96. The number of nitrogens with zero attached hydrogens (tertiary/aromatic N) is 1. The monoisotopic (exact) mass is 390 g/mol. The molecule has 2 aromatic rings. The summed E-state index contributed by atoms with van der Waals surface area (Å²) in [7, 11) is 0. The summed E-state index contributed by atoms with van der Waals surface area (Å²) < 4.78 is 5.17. The van der Waals surface area contributed by atoms with Gasteiger partial charge in [-0.1, -0.05) is 48.3 Å². The number of hydrogen-bond acceptors (Lipinski definition) is 5. The summed E-state index contributed by atoms with van der Waals surface area (Å²) in [5.41, 5.74) is 0.311. The standard InChI is InChI=1S/C19H19ClN2O3S/c20-15-9-3-4-10-16(15)26-18-14(8-5-11-21-18)19(24)25-12-17(23)22-13-6-1-2-7-13/h3-5,8-11,13H,1-2,6-7,12H2,(H,22,23). The molecule has 1 fully saturated rings. The van der Waals surface area contributed by atoms with Gasteiger partial charge in [0.2, 0.25) is 0 Å². The van der Waals surface area contributed by atoms with Crippen LogP contribution in [0.25, 0.3) is 0 Å². The van der Waals surface area contributed by atoms with E-state index < -0.39 is 5.97 Å². The average Bonchev–Trinajstić information content (AvgIpc) is 3.15. The first-order valence-corrected chi connectivity index (χ1v) is 9.67. The lowest BCUT2D eigenvalue weighted by Crippen LogP contribution is -2.35. The Morgan fingerprint density at radius 2 is 1.96 bits per heavy atom. The van der Waals surface area contributed by atoms with Crippen LogP contribution in [0.2, 0.25) is 5.02 Å². The number of hydrogen-bond donors (Lipinski definition) is 1. The summed E-state index contributed by atoms with van der Waals surface area (Å²) in [6, 6.07) is 10.8. The molecule has 3 rings (SSSR count). The lowest BCUT2D eigenvalue weighted by molar-refractivity contribution is -0.124. The van der Waals surface area contributed by atoms with E-state index >= 15 is 0 Å². The Morgan fingerprint density at radius 1 is 1.19 bits per heavy atom. The maximum atomic E-state index is 12.4. The van der Waals surface area contributed by atoms with E-state index in [9.17, 15) is 9.59 Å². The van der Waals surface area contributed by atoms with Gasteiger partial charge in [0.1, 0.15) is 5.03 Å². The molecule has 1 amide bonds. The van der Waals surface area contributed by atoms with Gasteiger partial charge in [-0.2, -0.15) is 0 Å². The summed E-state index contributed by atoms with van der Waals surface area (Å²) in [5.74, 6) is -0.844. The third-order valence-electron chi connectivity index (χ3n) is 4.09. The molecule has 1 aliphatic rings. The average molecular weight is 391 g/mol. The number of aromatic nitrogens is 1. The molecular weight excluding hydrogens is 372 g/mol. The number of esters is 1. The fraction of sp³-hybridized carbons (Fsp3) is 0.316. The van der Waals surface area contributed by atoms with Gasteiger partial charge in [0, 0.05) is 17.1 Å². The first-order valence-electron chi connectivity index (χ1n) is 8.47. The molecule has 26 heavy (non-hydrogen) atoms. The van der Waals surface area contributed by atoms with Gasteiger partial charge in [-0.15, -0.1) is 0 Å². The van der Waals surface area contributed by atoms with E-state index in [2.05, 4.69) is 10.3 Å². The van der Waals surface area contributed by atoms with Crippen molar-refractivity contribution in [3.05, 3.63) is 53.2 Å². The topological polar surface area (TPSA) is 68.3 Å². The van der Waals surface area contributed by atoms with E-state index in [1.807, 2.05) is 18.2 Å². The lowest BCUT2D eigenvalue weighted by atomic mass is 10.2. The SMILES string of the molecule is O=C(COC(=O)c1cccnc1Sc1ccccc1Cl)NC1CCCC1. The second kappa shape index (κ2) is 9.05. The number of ether oxygens (including phenoxy) is 1.